The van der Waals surface area contributed by atoms with Gasteiger partial charge in [0.05, 0.1) is 4.92 Å². The second-order valence-electron chi connectivity index (χ2n) is 5.77. The molecular weight excluding hydrogens is 261 g/mol. The molecule has 2 heterocycles. The molecule has 2 saturated heterocycles. The first-order valence-electron chi connectivity index (χ1n) is 7.04. The van der Waals surface area contributed by atoms with Gasteiger partial charge >= 0.3 is 5.69 Å². The van der Waals surface area contributed by atoms with Crippen LogP contribution in [0.25, 0.3) is 0 Å². The zero-order chi connectivity index (χ0) is 14.3. The predicted molar refractivity (Wildman–Crippen MR) is 74.2 cm³/mol. The second-order valence-corrected chi connectivity index (χ2v) is 5.77. The summed E-state index contributed by atoms with van der Waals surface area (Å²) in [5, 5.41) is 10.9. The van der Waals surface area contributed by atoms with Crippen molar-refractivity contribution in [1.29, 1.82) is 0 Å². The molecule has 0 aromatic heterocycles. The fourth-order valence-corrected chi connectivity index (χ4v) is 3.65. The van der Waals surface area contributed by atoms with Crippen molar-refractivity contribution in [2.45, 2.75) is 50.2 Å². The molecule has 0 saturated carbocycles. The van der Waals surface area contributed by atoms with Gasteiger partial charge in [-0.2, -0.15) is 4.39 Å². The summed E-state index contributed by atoms with van der Waals surface area (Å²) >= 11 is 0. The van der Waals surface area contributed by atoms with Crippen molar-refractivity contribution in [3.05, 3.63) is 34.1 Å². The fourth-order valence-electron chi connectivity index (χ4n) is 3.65. The van der Waals surface area contributed by atoms with Gasteiger partial charge in [-0.05, 0) is 44.2 Å². The zero-order valence-electron chi connectivity index (χ0n) is 11.2. The largest absolute Gasteiger partial charge is 0.365 e. The summed E-state index contributed by atoms with van der Waals surface area (Å²) in [6, 6.07) is 5.04. The quantitative estimate of drug-likeness (QED) is 0.667. The van der Waals surface area contributed by atoms with Crippen molar-refractivity contribution in [3.8, 4) is 0 Å². The Bertz CT molecular complexity index is 523. The molecule has 2 N–H and O–H groups in total. The molecule has 2 fully saturated rings. The van der Waals surface area contributed by atoms with Crippen LogP contribution in [0.4, 0.5) is 15.8 Å². The van der Waals surface area contributed by atoms with Gasteiger partial charge < -0.3 is 10.6 Å². The minimum Gasteiger partial charge on any atom is -0.365 e. The molecule has 0 spiro atoms. The first kappa shape index (κ1) is 13.3. The Morgan fingerprint density at radius 3 is 2.55 bits per heavy atom. The summed E-state index contributed by atoms with van der Waals surface area (Å²) in [6.07, 6.45) is 5.08. The van der Waals surface area contributed by atoms with E-state index in [1.54, 1.807) is 6.07 Å². The number of anilines is 1. The Morgan fingerprint density at radius 1 is 1.30 bits per heavy atom. The predicted octanol–water partition coefficient (Wildman–Crippen LogP) is 2.58. The van der Waals surface area contributed by atoms with Crippen LogP contribution < -0.4 is 10.6 Å². The van der Waals surface area contributed by atoms with E-state index in [0.29, 0.717) is 12.1 Å². The third-order valence-corrected chi connectivity index (χ3v) is 4.44. The molecule has 2 atom stereocenters. The maximum absolute atomic E-state index is 13.5. The Balaban J connectivity index is 1.96. The number of nitro benzene ring substituents is 1. The van der Waals surface area contributed by atoms with E-state index < -0.39 is 16.4 Å². The van der Waals surface area contributed by atoms with Gasteiger partial charge in [0.25, 0.3) is 0 Å². The van der Waals surface area contributed by atoms with Gasteiger partial charge in [0.15, 0.2) is 0 Å². The second kappa shape index (κ2) is 5.01. The Morgan fingerprint density at radius 2 is 1.95 bits per heavy atom. The first-order chi connectivity index (χ1) is 9.56. The number of piperidine rings is 2. The molecule has 3 rings (SSSR count). The Kier molecular flexibility index (Phi) is 3.33. The number of rotatable bonds is 2. The van der Waals surface area contributed by atoms with Crippen LogP contribution in [0.5, 0.6) is 0 Å². The number of nitrogens with two attached hydrogens (primary N) is 1. The van der Waals surface area contributed by atoms with Crippen molar-refractivity contribution in [1.82, 2.24) is 0 Å². The zero-order valence-corrected chi connectivity index (χ0v) is 11.2. The number of hydrogen-bond donors (Lipinski definition) is 1. The number of nitrogens with zero attached hydrogens (tertiary/aromatic N) is 2. The number of fused-ring (bicyclic) bond motifs is 2. The lowest BCUT2D eigenvalue weighted by Gasteiger charge is -2.49. The highest BCUT2D eigenvalue weighted by Crippen LogP contribution is 2.38. The van der Waals surface area contributed by atoms with Crippen molar-refractivity contribution in [2.24, 2.45) is 5.73 Å². The summed E-state index contributed by atoms with van der Waals surface area (Å²) < 4.78 is 13.5. The molecule has 2 unspecified atom stereocenters. The van der Waals surface area contributed by atoms with E-state index in [1.807, 2.05) is 0 Å². The average Bonchev–Trinajstić information content (AvgIpc) is 2.38. The van der Waals surface area contributed by atoms with Crippen LogP contribution >= 0.6 is 0 Å². The molecule has 0 aliphatic carbocycles. The molecule has 0 amide bonds. The number of nitro groups is 1. The van der Waals surface area contributed by atoms with Gasteiger partial charge in [0.2, 0.25) is 5.82 Å². The molecule has 1 aromatic rings. The van der Waals surface area contributed by atoms with E-state index in [4.69, 9.17) is 5.73 Å². The van der Waals surface area contributed by atoms with Gasteiger partial charge in [-0.3, -0.25) is 10.1 Å². The van der Waals surface area contributed by atoms with Crippen LogP contribution in [-0.2, 0) is 0 Å². The van der Waals surface area contributed by atoms with E-state index in [0.717, 1.165) is 31.4 Å². The molecule has 2 bridgehead atoms. The monoisotopic (exact) mass is 279 g/mol. The molecule has 2 aliphatic rings. The average molecular weight is 279 g/mol. The van der Waals surface area contributed by atoms with E-state index >= 15 is 0 Å². The van der Waals surface area contributed by atoms with Gasteiger partial charge in [-0.1, -0.05) is 0 Å². The minimum absolute atomic E-state index is 0.206. The SMILES string of the molecule is NC1CC2CCCC(C1)N2c1ccc(F)c([N+](=O)[O-])c1. The number of hydrogen-bond acceptors (Lipinski definition) is 4. The molecule has 20 heavy (non-hydrogen) atoms. The minimum atomic E-state index is -0.780. The van der Waals surface area contributed by atoms with Gasteiger partial charge in [0.1, 0.15) is 0 Å². The molecule has 6 heteroatoms. The van der Waals surface area contributed by atoms with Crippen molar-refractivity contribution >= 4 is 11.4 Å². The van der Waals surface area contributed by atoms with Crippen LogP contribution in [0.2, 0.25) is 0 Å². The van der Waals surface area contributed by atoms with E-state index in [1.165, 1.54) is 18.6 Å². The molecule has 1 aromatic carbocycles. The molecular formula is C14H18FN3O2. The van der Waals surface area contributed by atoms with Crippen molar-refractivity contribution in [2.75, 3.05) is 4.90 Å². The molecule has 5 nitrogen and oxygen atoms in total. The van der Waals surface area contributed by atoms with Crippen LogP contribution in [-0.4, -0.2) is 23.0 Å². The van der Waals surface area contributed by atoms with Gasteiger partial charge in [-0.25, -0.2) is 0 Å². The van der Waals surface area contributed by atoms with Crippen LogP contribution in [0, 0.1) is 15.9 Å². The van der Waals surface area contributed by atoms with Crippen molar-refractivity contribution in [3.63, 3.8) is 0 Å². The summed E-state index contributed by atoms with van der Waals surface area (Å²) in [4.78, 5) is 12.4. The number of benzene rings is 1. The maximum atomic E-state index is 13.5. The van der Waals surface area contributed by atoms with Gasteiger partial charge in [0, 0.05) is 29.9 Å². The van der Waals surface area contributed by atoms with Crippen LogP contribution in [0.1, 0.15) is 32.1 Å². The fraction of sp³-hybridized carbons (Fsp3) is 0.571. The highest BCUT2D eigenvalue weighted by atomic mass is 19.1. The first-order valence-corrected chi connectivity index (χ1v) is 7.04. The molecule has 0 radical (unpaired) electrons. The highest BCUT2D eigenvalue weighted by Gasteiger charge is 2.37. The standard InChI is InChI=1S/C14H18FN3O2/c15-13-5-4-12(8-14(13)18(19)20)17-10-2-1-3-11(17)7-9(16)6-10/h4-5,8-11H,1-3,6-7,16H2. The molecule has 2 aliphatic heterocycles. The third kappa shape index (κ3) is 2.24. The third-order valence-electron chi connectivity index (χ3n) is 4.44. The molecule has 108 valence electrons. The highest BCUT2D eigenvalue weighted by molar-refractivity contribution is 5.56. The smallest absolute Gasteiger partial charge is 0.306 e. The van der Waals surface area contributed by atoms with Crippen molar-refractivity contribution < 1.29 is 9.31 Å². The van der Waals surface area contributed by atoms with Crippen LogP contribution in [0.3, 0.4) is 0 Å². The van der Waals surface area contributed by atoms with Crippen LogP contribution in [0.15, 0.2) is 18.2 Å². The summed E-state index contributed by atoms with van der Waals surface area (Å²) in [7, 11) is 0. The normalized spacial score (nSPS) is 29.3. The Labute approximate surface area is 116 Å². The van der Waals surface area contributed by atoms with E-state index in [-0.39, 0.29) is 6.04 Å². The van der Waals surface area contributed by atoms with Gasteiger partial charge in [-0.15, -0.1) is 0 Å². The lowest BCUT2D eigenvalue weighted by atomic mass is 9.81. The summed E-state index contributed by atoms with van der Waals surface area (Å²) in [5.74, 6) is -0.780. The Hall–Kier alpha value is -1.69. The lowest BCUT2D eigenvalue weighted by molar-refractivity contribution is -0.387. The topological polar surface area (TPSA) is 72.4 Å². The maximum Gasteiger partial charge on any atom is 0.306 e. The summed E-state index contributed by atoms with van der Waals surface area (Å²) in [6.45, 7) is 0. The lowest BCUT2D eigenvalue weighted by Crippen LogP contribution is -2.55. The van der Waals surface area contributed by atoms with E-state index in [9.17, 15) is 14.5 Å². The van der Waals surface area contributed by atoms with E-state index in [2.05, 4.69) is 4.90 Å². The summed E-state index contributed by atoms with van der Waals surface area (Å²) in [5.41, 5.74) is 6.37. The number of halogens is 1.